The Balaban J connectivity index is 1.79. The van der Waals surface area contributed by atoms with Gasteiger partial charge in [-0.2, -0.15) is 0 Å². The molecule has 0 fully saturated rings. The van der Waals surface area contributed by atoms with Gasteiger partial charge < -0.3 is 14.3 Å². The molecule has 0 saturated carbocycles. The van der Waals surface area contributed by atoms with E-state index >= 15 is 0 Å². The second kappa shape index (κ2) is 5.11. The molecule has 1 N–H and O–H groups in total. The van der Waals surface area contributed by atoms with E-state index in [4.69, 9.17) is 4.42 Å². The summed E-state index contributed by atoms with van der Waals surface area (Å²) in [6.07, 6.45) is 5.81. The fourth-order valence-corrected chi connectivity index (χ4v) is 2.84. The van der Waals surface area contributed by atoms with Crippen LogP contribution in [0.1, 0.15) is 22.6 Å². The number of H-pyrrole nitrogens is 1. The Morgan fingerprint density at radius 3 is 2.68 bits per heavy atom. The second-order valence-electron chi connectivity index (χ2n) is 5.33. The predicted octanol–water partition coefficient (Wildman–Crippen LogP) is 4.48. The van der Waals surface area contributed by atoms with Crippen LogP contribution in [0.2, 0.25) is 0 Å². The first kappa shape index (κ1) is 12.8. The van der Waals surface area contributed by atoms with E-state index < -0.39 is 0 Å². The van der Waals surface area contributed by atoms with Gasteiger partial charge >= 0.3 is 0 Å². The average Bonchev–Trinajstić information content (AvgIpc) is 3.22. The summed E-state index contributed by atoms with van der Waals surface area (Å²) in [5, 5.41) is 0. The standard InChI is InChI=1S/C19H16N2O/c1-14-19-17(9-10-20-19)18(15-6-3-2-4-7-15)13-21(14)12-16-8-5-11-22-16/h2-11,13,20H,1,12H2. The maximum absolute atomic E-state index is 5.47. The van der Waals surface area contributed by atoms with Crippen molar-refractivity contribution in [1.82, 2.24) is 9.88 Å². The van der Waals surface area contributed by atoms with E-state index in [1.807, 2.05) is 24.4 Å². The lowest BCUT2D eigenvalue weighted by Crippen LogP contribution is -2.19. The molecule has 0 radical (unpaired) electrons. The van der Waals surface area contributed by atoms with Crippen LogP contribution in [0.25, 0.3) is 11.3 Å². The van der Waals surface area contributed by atoms with Crippen LogP contribution >= 0.6 is 0 Å². The number of hydrogen-bond acceptors (Lipinski definition) is 2. The van der Waals surface area contributed by atoms with Crippen LogP contribution < -0.4 is 0 Å². The van der Waals surface area contributed by atoms with Crippen LogP contribution in [0.3, 0.4) is 0 Å². The third-order valence-electron chi connectivity index (χ3n) is 3.95. The number of benzene rings is 1. The number of furan rings is 1. The van der Waals surface area contributed by atoms with Crippen LogP contribution in [0.4, 0.5) is 0 Å². The summed E-state index contributed by atoms with van der Waals surface area (Å²) < 4.78 is 5.47. The number of hydrogen-bond donors (Lipinski definition) is 1. The van der Waals surface area contributed by atoms with Gasteiger partial charge in [0.15, 0.2) is 0 Å². The van der Waals surface area contributed by atoms with Crippen molar-refractivity contribution in [3.05, 3.63) is 96.4 Å². The van der Waals surface area contributed by atoms with E-state index in [1.54, 1.807) is 6.26 Å². The Morgan fingerprint density at radius 2 is 1.91 bits per heavy atom. The van der Waals surface area contributed by atoms with Crippen molar-refractivity contribution in [2.24, 2.45) is 0 Å². The molecule has 0 bridgehead atoms. The molecular formula is C19H16N2O. The minimum Gasteiger partial charge on any atom is -0.467 e. The summed E-state index contributed by atoms with van der Waals surface area (Å²) in [4.78, 5) is 5.43. The molecular weight excluding hydrogens is 272 g/mol. The molecule has 3 aromatic rings. The summed E-state index contributed by atoms with van der Waals surface area (Å²) in [7, 11) is 0. The number of nitrogens with zero attached hydrogens (tertiary/aromatic N) is 1. The average molecular weight is 288 g/mol. The van der Waals surface area contributed by atoms with E-state index in [9.17, 15) is 0 Å². The molecule has 3 heterocycles. The van der Waals surface area contributed by atoms with Crippen molar-refractivity contribution in [2.45, 2.75) is 6.54 Å². The van der Waals surface area contributed by atoms with Crippen LogP contribution in [0.5, 0.6) is 0 Å². The van der Waals surface area contributed by atoms with Gasteiger partial charge in [0.2, 0.25) is 0 Å². The Morgan fingerprint density at radius 1 is 1.05 bits per heavy atom. The van der Waals surface area contributed by atoms with Gasteiger partial charge in [-0.1, -0.05) is 36.9 Å². The fourth-order valence-electron chi connectivity index (χ4n) is 2.84. The Bertz CT molecular complexity index is 825. The molecule has 2 aromatic heterocycles. The molecule has 0 spiro atoms. The van der Waals surface area contributed by atoms with E-state index in [0.717, 1.165) is 17.2 Å². The SMILES string of the molecule is C=C1c2[nH]ccc2C(c2ccccc2)=CN1Cc1ccco1. The Kier molecular flexibility index (Phi) is 2.97. The topological polar surface area (TPSA) is 32.2 Å². The van der Waals surface area contributed by atoms with Crippen molar-refractivity contribution in [3.8, 4) is 0 Å². The summed E-state index contributed by atoms with van der Waals surface area (Å²) >= 11 is 0. The summed E-state index contributed by atoms with van der Waals surface area (Å²) in [6.45, 7) is 4.89. The van der Waals surface area contributed by atoms with Gasteiger partial charge in [-0.25, -0.2) is 0 Å². The number of aromatic amines is 1. The maximum Gasteiger partial charge on any atom is 0.123 e. The zero-order chi connectivity index (χ0) is 14.9. The zero-order valence-electron chi connectivity index (χ0n) is 12.1. The molecule has 1 aliphatic heterocycles. The minimum atomic E-state index is 0.667. The largest absolute Gasteiger partial charge is 0.467 e. The lowest BCUT2D eigenvalue weighted by molar-refractivity contribution is 0.421. The Hall–Kier alpha value is -2.94. The number of aromatic nitrogens is 1. The molecule has 4 rings (SSSR count). The minimum absolute atomic E-state index is 0.667. The van der Waals surface area contributed by atoms with Crippen molar-refractivity contribution < 1.29 is 4.42 Å². The number of nitrogens with one attached hydrogen (secondary N) is 1. The Labute approximate surface area is 129 Å². The van der Waals surface area contributed by atoms with Crippen molar-refractivity contribution in [2.75, 3.05) is 0 Å². The molecule has 0 unspecified atom stereocenters. The summed E-state index contributed by atoms with van der Waals surface area (Å²) in [6, 6.07) is 16.4. The molecule has 1 aromatic carbocycles. The smallest absolute Gasteiger partial charge is 0.123 e. The van der Waals surface area contributed by atoms with E-state index in [-0.39, 0.29) is 0 Å². The molecule has 3 heteroatoms. The lowest BCUT2D eigenvalue weighted by atomic mass is 9.95. The van der Waals surface area contributed by atoms with Gasteiger partial charge in [0.1, 0.15) is 5.76 Å². The monoisotopic (exact) mass is 288 g/mol. The molecule has 108 valence electrons. The van der Waals surface area contributed by atoms with Gasteiger partial charge in [0.05, 0.1) is 24.2 Å². The van der Waals surface area contributed by atoms with Crippen LogP contribution in [-0.4, -0.2) is 9.88 Å². The van der Waals surface area contributed by atoms with Gasteiger partial charge in [-0.15, -0.1) is 0 Å². The fraction of sp³-hybridized carbons (Fsp3) is 0.0526. The van der Waals surface area contributed by atoms with Crippen LogP contribution in [-0.2, 0) is 6.54 Å². The van der Waals surface area contributed by atoms with Crippen molar-refractivity contribution in [1.29, 1.82) is 0 Å². The molecule has 3 nitrogen and oxygen atoms in total. The van der Waals surface area contributed by atoms with Gasteiger partial charge in [0, 0.05) is 23.5 Å². The third-order valence-corrected chi connectivity index (χ3v) is 3.95. The first-order valence-electron chi connectivity index (χ1n) is 7.26. The van der Waals surface area contributed by atoms with E-state index in [0.29, 0.717) is 6.54 Å². The number of rotatable bonds is 3. The highest BCUT2D eigenvalue weighted by molar-refractivity contribution is 5.88. The first-order chi connectivity index (χ1) is 10.8. The molecule has 0 aliphatic carbocycles. The molecule has 1 aliphatic rings. The second-order valence-corrected chi connectivity index (χ2v) is 5.33. The van der Waals surface area contributed by atoms with Crippen molar-refractivity contribution in [3.63, 3.8) is 0 Å². The first-order valence-corrected chi connectivity index (χ1v) is 7.26. The quantitative estimate of drug-likeness (QED) is 0.770. The van der Waals surface area contributed by atoms with Gasteiger partial charge in [-0.3, -0.25) is 0 Å². The number of fused-ring (bicyclic) bond motifs is 1. The maximum atomic E-state index is 5.47. The summed E-state index contributed by atoms with van der Waals surface area (Å²) in [5.41, 5.74) is 5.59. The normalized spacial score (nSPS) is 13.9. The van der Waals surface area contributed by atoms with E-state index in [2.05, 4.69) is 53.0 Å². The molecule has 0 atom stereocenters. The summed E-state index contributed by atoms with van der Waals surface area (Å²) in [5.74, 6) is 0.916. The highest BCUT2D eigenvalue weighted by atomic mass is 16.3. The molecule has 0 amide bonds. The third kappa shape index (κ3) is 2.07. The lowest BCUT2D eigenvalue weighted by Gasteiger charge is -2.28. The van der Waals surface area contributed by atoms with E-state index in [1.165, 1.54) is 16.7 Å². The van der Waals surface area contributed by atoms with Gasteiger partial charge in [0.25, 0.3) is 0 Å². The highest BCUT2D eigenvalue weighted by Gasteiger charge is 2.23. The van der Waals surface area contributed by atoms with Gasteiger partial charge in [-0.05, 0) is 23.8 Å². The zero-order valence-corrected chi connectivity index (χ0v) is 12.1. The predicted molar refractivity (Wildman–Crippen MR) is 87.6 cm³/mol. The molecule has 0 saturated heterocycles. The van der Waals surface area contributed by atoms with Crippen LogP contribution in [0.15, 0.2) is 78.2 Å². The molecule has 22 heavy (non-hydrogen) atoms. The van der Waals surface area contributed by atoms with Crippen molar-refractivity contribution >= 4 is 11.3 Å². The highest BCUT2D eigenvalue weighted by Crippen LogP contribution is 2.36. The van der Waals surface area contributed by atoms with Crippen LogP contribution in [0, 0.1) is 0 Å².